The number of nitrogen functional groups attached to an aromatic ring is 1. The quantitative estimate of drug-likeness (QED) is 0.704. The van der Waals surface area contributed by atoms with Gasteiger partial charge in [-0.05, 0) is 0 Å². The molecule has 0 aliphatic heterocycles. The molecule has 0 unspecified atom stereocenters. The van der Waals surface area contributed by atoms with Crippen molar-refractivity contribution in [3.63, 3.8) is 0 Å². The summed E-state index contributed by atoms with van der Waals surface area (Å²) in [4.78, 5) is 15.9. The molecule has 7 heteroatoms. The number of nitrogens with zero attached hydrogens (tertiary/aromatic N) is 2. The number of hydrogen-bond acceptors (Lipinski definition) is 5. The Bertz CT molecular complexity index is 536. The maximum Gasteiger partial charge on any atom is 0.231 e. The van der Waals surface area contributed by atoms with Crippen molar-refractivity contribution < 1.29 is 4.79 Å². The highest BCUT2D eigenvalue weighted by molar-refractivity contribution is 7.22. The van der Waals surface area contributed by atoms with E-state index in [2.05, 4.69) is 20.5 Å². The molecule has 0 saturated carbocycles. The van der Waals surface area contributed by atoms with E-state index in [0.717, 1.165) is 4.70 Å². The predicted molar refractivity (Wildman–Crippen MR) is 64.3 cm³/mol. The second-order valence-corrected chi connectivity index (χ2v) is 5.51. The van der Waals surface area contributed by atoms with E-state index < -0.39 is 5.41 Å². The molecule has 0 fully saturated rings. The Morgan fingerprint density at radius 1 is 1.50 bits per heavy atom. The van der Waals surface area contributed by atoms with E-state index in [1.165, 1.54) is 11.3 Å². The number of H-pyrrole nitrogens is 1. The molecule has 86 valence electrons. The molecule has 0 spiro atoms. The van der Waals surface area contributed by atoms with Crippen LogP contribution in [0.4, 0.5) is 10.9 Å². The maximum atomic E-state index is 11.7. The lowest BCUT2D eigenvalue weighted by molar-refractivity contribution is -0.123. The van der Waals surface area contributed by atoms with Crippen LogP contribution in [0.3, 0.4) is 0 Å². The van der Waals surface area contributed by atoms with Crippen molar-refractivity contribution in [1.29, 1.82) is 0 Å². The molecule has 2 aromatic heterocycles. The Hall–Kier alpha value is -1.63. The van der Waals surface area contributed by atoms with Gasteiger partial charge in [-0.1, -0.05) is 32.1 Å². The first-order valence-corrected chi connectivity index (χ1v) is 5.61. The molecule has 2 heterocycles. The number of rotatable bonds is 1. The Kier molecular flexibility index (Phi) is 2.34. The minimum atomic E-state index is -0.444. The third-order valence-corrected chi connectivity index (χ3v) is 3.03. The number of nitrogens with one attached hydrogen (secondary N) is 2. The molecule has 0 saturated heterocycles. The number of anilines is 2. The fraction of sp³-hybridized carbons (Fsp3) is 0.444. The number of aromatic nitrogens is 3. The minimum absolute atomic E-state index is 0.0774. The second-order valence-electron chi connectivity index (χ2n) is 4.51. The summed E-state index contributed by atoms with van der Waals surface area (Å²) in [6, 6.07) is 0. The van der Waals surface area contributed by atoms with Crippen LogP contribution in [0.25, 0.3) is 10.3 Å². The van der Waals surface area contributed by atoms with Crippen LogP contribution in [0.5, 0.6) is 0 Å². The number of carbonyl (C=O) groups is 1. The molecule has 0 aliphatic carbocycles. The summed E-state index contributed by atoms with van der Waals surface area (Å²) in [5.41, 5.74) is 5.74. The largest absolute Gasteiger partial charge is 0.383 e. The van der Waals surface area contributed by atoms with Crippen LogP contribution in [-0.4, -0.2) is 21.1 Å². The molecule has 0 bridgehead atoms. The third-order valence-electron chi connectivity index (χ3n) is 2.04. The Balaban J connectivity index is 2.25. The molecular weight excluding hydrogens is 226 g/mol. The van der Waals surface area contributed by atoms with E-state index >= 15 is 0 Å². The molecule has 1 amide bonds. The number of carbonyl (C=O) groups excluding carboxylic acids is 1. The van der Waals surface area contributed by atoms with Gasteiger partial charge in [0.25, 0.3) is 0 Å². The molecule has 2 aromatic rings. The molecular formula is C9H13N5OS. The number of hydrogen-bond donors (Lipinski definition) is 3. The first-order chi connectivity index (χ1) is 7.38. The average Bonchev–Trinajstić information content (AvgIpc) is 2.67. The summed E-state index contributed by atoms with van der Waals surface area (Å²) in [5.74, 6) is 0.398. The monoisotopic (exact) mass is 239 g/mol. The van der Waals surface area contributed by atoms with Crippen molar-refractivity contribution in [2.45, 2.75) is 20.8 Å². The molecule has 0 aromatic carbocycles. The topological polar surface area (TPSA) is 96.7 Å². The van der Waals surface area contributed by atoms with Gasteiger partial charge in [0, 0.05) is 5.41 Å². The van der Waals surface area contributed by atoms with Crippen molar-refractivity contribution in [1.82, 2.24) is 15.2 Å². The van der Waals surface area contributed by atoms with Crippen LogP contribution in [0, 0.1) is 5.41 Å². The first-order valence-electron chi connectivity index (χ1n) is 4.80. The van der Waals surface area contributed by atoms with E-state index in [1.807, 2.05) is 20.8 Å². The third kappa shape index (κ3) is 1.85. The summed E-state index contributed by atoms with van der Waals surface area (Å²) in [7, 11) is 0. The van der Waals surface area contributed by atoms with Crippen molar-refractivity contribution >= 4 is 38.5 Å². The summed E-state index contributed by atoms with van der Waals surface area (Å²) in [5, 5.41) is 9.81. The van der Waals surface area contributed by atoms with Crippen LogP contribution < -0.4 is 11.1 Å². The van der Waals surface area contributed by atoms with E-state index in [-0.39, 0.29) is 5.91 Å². The van der Waals surface area contributed by atoms with Gasteiger partial charge in [0.1, 0.15) is 10.5 Å². The lowest BCUT2D eigenvalue weighted by atomic mass is 9.96. The molecule has 0 radical (unpaired) electrons. The fourth-order valence-corrected chi connectivity index (χ4v) is 1.87. The zero-order chi connectivity index (χ0) is 11.9. The SMILES string of the molecule is CC(C)(C)C(=O)Nc1nc2n[nH]c(N)c2s1. The van der Waals surface area contributed by atoms with Gasteiger partial charge in [-0.25, -0.2) is 0 Å². The van der Waals surface area contributed by atoms with Crippen LogP contribution >= 0.6 is 11.3 Å². The standard InChI is InChI=1S/C9H13N5OS/c1-9(2,3)7(15)12-8-11-6-4(16-8)5(10)13-14-6/h1-3H3,(H4,10,11,12,13,14,15). The van der Waals surface area contributed by atoms with Crippen LogP contribution in [-0.2, 0) is 4.79 Å². The number of aromatic amines is 1. The smallest absolute Gasteiger partial charge is 0.231 e. The van der Waals surface area contributed by atoms with Crippen molar-refractivity contribution in [2.24, 2.45) is 5.41 Å². The number of amides is 1. The molecule has 6 nitrogen and oxygen atoms in total. The Labute approximate surface area is 96.2 Å². The highest BCUT2D eigenvalue weighted by atomic mass is 32.1. The van der Waals surface area contributed by atoms with E-state index in [0.29, 0.717) is 16.6 Å². The van der Waals surface area contributed by atoms with Gasteiger partial charge in [0.2, 0.25) is 5.91 Å². The summed E-state index contributed by atoms with van der Waals surface area (Å²) in [6.45, 7) is 5.53. The van der Waals surface area contributed by atoms with Crippen molar-refractivity contribution in [3.8, 4) is 0 Å². The van der Waals surface area contributed by atoms with E-state index in [1.54, 1.807) is 0 Å². The number of fused-ring (bicyclic) bond motifs is 1. The van der Waals surface area contributed by atoms with Gasteiger partial charge in [0.05, 0.1) is 0 Å². The van der Waals surface area contributed by atoms with E-state index in [4.69, 9.17) is 5.73 Å². The van der Waals surface area contributed by atoms with Gasteiger partial charge in [-0.15, -0.1) is 0 Å². The molecule has 0 aliphatic rings. The Morgan fingerprint density at radius 3 is 2.75 bits per heavy atom. The van der Waals surface area contributed by atoms with Crippen molar-refractivity contribution in [3.05, 3.63) is 0 Å². The average molecular weight is 239 g/mol. The normalized spacial score (nSPS) is 11.9. The van der Waals surface area contributed by atoms with Gasteiger partial charge in [-0.3, -0.25) is 9.89 Å². The minimum Gasteiger partial charge on any atom is -0.383 e. The predicted octanol–water partition coefficient (Wildman–Crippen LogP) is 1.59. The molecule has 16 heavy (non-hydrogen) atoms. The molecule has 0 atom stereocenters. The molecule has 2 rings (SSSR count). The van der Waals surface area contributed by atoms with Gasteiger partial charge in [-0.2, -0.15) is 10.1 Å². The number of nitrogens with two attached hydrogens (primary N) is 1. The van der Waals surface area contributed by atoms with Crippen LogP contribution in [0.2, 0.25) is 0 Å². The van der Waals surface area contributed by atoms with E-state index in [9.17, 15) is 4.79 Å². The maximum absolute atomic E-state index is 11.7. The first kappa shape index (κ1) is 10.9. The zero-order valence-corrected chi connectivity index (χ0v) is 10.1. The molecule has 4 N–H and O–H groups in total. The van der Waals surface area contributed by atoms with Gasteiger partial charge in [0.15, 0.2) is 10.8 Å². The second kappa shape index (κ2) is 3.44. The summed E-state index contributed by atoms with van der Waals surface area (Å²) >= 11 is 1.31. The van der Waals surface area contributed by atoms with Gasteiger partial charge < -0.3 is 11.1 Å². The Morgan fingerprint density at radius 2 is 2.19 bits per heavy atom. The highest BCUT2D eigenvalue weighted by Gasteiger charge is 2.22. The van der Waals surface area contributed by atoms with Crippen LogP contribution in [0.1, 0.15) is 20.8 Å². The lowest BCUT2D eigenvalue weighted by Crippen LogP contribution is -2.27. The number of thiazole rings is 1. The lowest BCUT2D eigenvalue weighted by Gasteiger charge is -2.15. The summed E-state index contributed by atoms with van der Waals surface area (Å²) in [6.07, 6.45) is 0. The summed E-state index contributed by atoms with van der Waals surface area (Å²) < 4.78 is 0.768. The zero-order valence-electron chi connectivity index (χ0n) is 9.29. The fourth-order valence-electron chi connectivity index (χ4n) is 1.07. The highest BCUT2D eigenvalue weighted by Crippen LogP contribution is 2.29. The van der Waals surface area contributed by atoms with Crippen LogP contribution in [0.15, 0.2) is 0 Å². The van der Waals surface area contributed by atoms with Gasteiger partial charge >= 0.3 is 0 Å². The van der Waals surface area contributed by atoms with Crippen molar-refractivity contribution in [2.75, 3.05) is 11.1 Å².